The van der Waals surface area contributed by atoms with Crippen LogP contribution in [-0.2, 0) is 0 Å². The quantitative estimate of drug-likeness (QED) is 0.0950. The van der Waals surface area contributed by atoms with Crippen LogP contribution in [0.1, 0.15) is 114 Å². The minimum Gasteiger partial charge on any atom is -0.507 e. The van der Waals surface area contributed by atoms with E-state index in [1.54, 1.807) is 19.2 Å². The first kappa shape index (κ1) is 35.4. The van der Waals surface area contributed by atoms with Gasteiger partial charge in [0.15, 0.2) is 0 Å². The molecular weight excluding hydrogens is 578 g/mol. The van der Waals surface area contributed by atoms with E-state index >= 15 is 0 Å². The first-order valence-corrected chi connectivity index (χ1v) is 17.2. The molecule has 46 heavy (non-hydrogen) atoms. The maximum Gasteiger partial charge on any atom is 0.125 e. The summed E-state index contributed by atoms with van der Waals surface area (Å²) in [6, 6.07) is 18.9. The van der Waals surface area contributed by atoms with Crippen LogP contribution in [0.15, 0.2) is 60.7 Å². The van der Waals surface area contributed by atoms with Crippen molar-refractivity contribution in [3.05, 3.63) is 77.4 Å². The molecule has 0 saturated carbocycles. The monoisotopic (exact) mass is 633 g/mol. The molecule has 252 valence electrons. The van der Waals surface area contributed by atoms with Crippen LogP contribution in [0.25, 0.3) is 0 Å². The maximum atomic E-state index is 11.2. The first-order chi connectivity index (χ1) is 22.4. The predicted molar refractivity (Wildman–Crippen MR) is 184 cm³/mol. The fourth-order valence-electron chi connectivity index (χ4n) is 5.93. The zero-order valence-corrected chi connectivity index (χ0v) is 28.4. The van der Waals surface area contributed by atoms with Crippen molar-refractivity contribution in [2.24, 2.45) is 11.8 Å². The summed E-state index contributed by atoms with van der Waals surface area (Å²) in [5, 5.41) is 33.1. The summed E-state index contributed by atoms with van der Waals surface area (Å²) < 4.78 is 17.6. The highest BCUT2D eigenvalue weighted by Crippen LogP contribution is 2.36. The highest BCUT2D eigenvalue weighted by molar-refractivity contribution is 5.44. The van der Waals surface area contributed by atoms with Gasteiger partial charge in [0.1, 0.15) is 28.7 Å². The molecule has 1 heterocycles. The Morgan fingerprint density at radius 2 is 1.04 bits per heavy atom. The van der Waals surface area contributed by atoms with E-state index in [0.717, 1.165) is 37.0 Å². The lowest BCUT2D eigenvalue weighted by atomic mass is 10.0. The van der Waals surface area contributed by atoms with E-state index in [0.29, 0.717) is 47.7 Å². The van der Waals surface area contributed by atoms with Crippen molar-refractivity contribution in [1.29, 1.82) is 0 Å². The molecular formula is C38H55N3O5. The lowest BCUT2D eigenvalue weighted by molar-refractivity contribution is 0.197. The number of aromatic hydroxyl groups is 2. The van der Waals surface area contributed by atoms with E-state index < -0.39 is 12.3 Å². The molecule has 3 aromatic rings. The molecule has 8 nitrogen and oxygen atoms in total. The Morgan fingerprint density at radius 3 is 1.43 bits per heavy atom. The Morgan fingerprint density at radius 1 is 0.609 bits per heavy atom. The zero-order valence-electron chi connectivity index (χ0n) is 28.4. The summed E-state index contributed by atoms with van der Waals surface area (Å²) in [5.41, 5.74) is 2.37. The third-order valence-electron chi connectivity index (χ3n) is 9.13. The smallest absolute Gasteiger partial charge is 0.125 e. The van der Waals surface area contributed by atoms with Gasteiger partial charge in [0, 0.05) is 23.3 Å². The molecule has 1 fully saturated rings. The number of rotatable bonds is 18. The van der Waals surface area contributed by atoms with E-state index in [1.165, 1.54) is 25.7 Å². The predicted octanol–water partition coefficient (Wildman–Crippen LogP) is 8.48. The average Bonchev–Trinajstić information content (AvgIpc) is 3.08. The third kappa shape index (κ3) is 9.77. The minimum absolute atomic E-state index is 0.139. The van der Waals surface area contributed by atoms with Crippen LogP contribution in [0.4, 0.5) is 0 Å². The molecule has 4 atom stereocenters. The van der Waals surface area contributed by atoms with Crippen LogP contribution in [0.3, 0.4) is 0 Å². The van der Waals surface area contributed by atoms with Gasteiger partial charge in [-0.1, -0.05) is 78.4 Å². The molecule has 1 aliphatic heterocycles. The maximum absolute atomic E-state index is 11.2. The number of hydrogen-bond acceptors (Lipinski definition) is 8. The molecule has 3 aromatic carbocycles. The van der Waals surface area contributed by atoms with E-state index in [-0.39, 0.29) is 17.7 Å². The number of nitrogens with one attached hydrogen (secondary N) is 3. The van der Waals surface area contributed by atoms with Gasteiger partial charge >= 0.3 is 0 Å². The van der Waals surface area contributed by atoms with Crippen LogP contribution in [0, 0.1) is 11.8 Å². The van der Waals surface area contributed by atoms with Crippen molar-refractivity contribution in [1.82, 2.24) is 16.0 Å². The number of benzene rings is 3. The standard InChI is InChI=1S/C38H55N3O5/c1-6-10-12-26(8-3)24-45-30-18-20-32(34(42)22-30)37-39-36(28-14-16-29(44-5)17-15-28)40-38(41-37)33-21-19-31(23-35(33)43)46-25-27(9-4)13-11-7-2/h14-23,26-27,36-43H,6-13,24-25H2,1-5H3. The van der Waals surface area contributed by atoms with Crippen LogP contribution in [0.5, 0.6) is 28.7 Å². The van der Waals surface area contributed by atoms with Crippen LogP contribution in [0.2, 0.25) is 0 Å². The Labute approximate surface area is 275 Å². The lowest BCUT2D eigenvalue weighted by Gasteiger charge is -2.40. The van der Waals surface area contributed by atoms with Gasteiger partial charge in [-0.15, -0.1) is 0 Å². The van der Waals surface area contributed by atoms with Gasteiger partial charge in [-0.3, -0.25) is 16.0 Å². The van der Waals surface area contributed by atoms with Gasteiger partial charge in [-0.05, 0) is 66.6 Å². The van der Waals surface area contributed by atoms with Crippen molar-refractivity contribution in [2.75, 3.05) is 20.3 Å². The van der Waals surface area contributed by atoms with Gasteiger partial charge in [0.2, 0.25) is 0 Å². The fourth-order valence-corrected chi connectivity index (χ4v) is 5.93. The number of ether oxygens (including phenoxy) is 3. The summed E-state index contributed by atoms with van der Waals surface area (Å²) in [7, 11) is 1.65. The second-order valence-corrected chi connectivity index (χ2v) is 12.5. The normalized spacial score (nSPS) is 19.4. The number of phenols is 2. The highest BCUT2D eigenvalue weighted by atomic mass is 16.5. The Bertz CT molecular complexity index is 1260. The SMILES string of the molecule is CCCCC(CC)COc1ccc(C2NC(c3ccc(OC)cc3)NC(c3ccc(OCC(CC)CCCC)cc3O)N2)c(O)c1. The molecule has 0 aromatic heterocycles. The van der Waals surface area contributed by atoms with E-state index in [9.17, 15) is 10.2 Å². The van der Waals surface area contributed by atoms with Crippen molar-refractivity contribution in [3.8, 4) is 28.7 Å². The summed E-state index contributed by atoms with van der Waals surface area (Å²) >= 11 is 0. The van der Waals surface area contributed by atoms with Crippen LogP contribution < -0.4 is 30.2 Å². The second-order valence-electron chi connectivity index (χ2n) is 12.5. The molecule has 4 rings (SSSR count). The molecule has 1 saturated heterocycles. The van der Waals surface area contributed by atoms with E-state index in [2.05, 4.69) is 43.6 Å². The van der Waals surface area contributed by atoms with E-state index in [4.69, 9.17) is 14.2 Å². The molecule has 1 aliphatic rings. The van der Waals surface area contributed by atoms with Gasteiger partial charge in [-0.25, -0.2) is 0 Å². The average molecular weight is 634 g/mol. The molecule has 0 aliphatic carbocycles. The number of unbranched alkanes of at least 4 members (excludes halogenated alkanes) is 2. The van der Waals surface area contributed by atoms with Crippen LogP contribution >= 0.6 is 0 Å². The summed E-state index contributed by atoms with van der Waals surface area (Å²) in [4.78, 5) is 0. The number of methoxy groups -OCH3 is 1. The van der Waals surface area contributed by atoms with Gasteiger partial charge in [0.05, 0.1) is 38.8 Å². The third-order valence-corrected chi connectivity index (χ3v) is 9.13. The minimum atomic E-state index is -0.431. The molecule has 5 N–H and O–H groups in total. The number of hydrogen-bond donors (Lipinski definition) is 5. The van der Waals surface area contributed by atoms with Crippen molar-refractivity contribution >= 4 is 0 Å². The van der Waals surface area contributed by atoms with E-state index in [1.807, 2.05) is 48.5 Å². The molecule has 0 spiro atoms. The zero-order chi connectivity index (χ0) is 32.9. The largest absolute Gasteiger partial charge is 0.507 e. The Hall–Kier alpha value is -3.46. The van der Waals surface area contributed by atoms with Gasteiger partial charge in [0.25, 0.3) is 0 Å². The lowest BCUT2D eigenvalue weighted by Crippen LogP contribution is -2.54. The summed E-state index contributed by atoms with van der Waals surface area (Å²) in [6.45, 7) is 10.1. The molecule has 8 heteroatoms. The highest BCUT2D eigenvalue weighted by Gasteiger charge is 2.32. The van der Waals surface area contributed by atoms with Crippen molar-refractivity contribution in [2.45, 2.75) is 97.6 Å². The van der Waals surface area contributed by atoms with Crippen molar-refractivity contribution < 1.29 is 24.4 Å². The molecule has 0 bridgehead atoms. The summed E-state index contributed by atoms with van der Waals surface area (Å²) in [5.74, 6) is 3.35. The van der Waals surface area contributed by atoms with Crippen LogP contribution in [-0.4, -0.2) is 30.5 Å². The first-order valence-electron chi connectivity index (χ1n) is 17.2. The molecule has 4 unspecified atom stereocenters. The second kappa shape index (κ2) is 18.0. The van der Waals surface area contributed by atoms with Crippen molar-refractivity contribution in [3.63, 3.8) is 0 Å². The summed E-state index contributed by atoms with van der Waals surface area (Å²) in [6.07, 6.45) is 8.01. The van der Waals surface area contributed by atoms with Gasteiger partial charge < -0.3 is 24.4 Å². The number of phenolic OH excluding ortho intramolecular Hbond substituents is 2. The Balaban J connectivity index is 1.54. The topological polar surface area (TPSA) is 104 Å². The fraction of sp³-hybridized carbons (Fsp3) is 0.526. The Kier molecular flexibility index (Phi) is 13.9. The van der Waals surface area contributed by atoms with Gasteiger partial charge in [-0.2, -0.15) is 0 Å². The molecule has 0 radical (unpaired) electrons. The molecule has 0 amide bonds.